The predicted octanol–water partition coefficient (Wildman–Crippen LogP) is 3.15. The first-order valence-electron chi connectivity index (χ1n) is 6.58. The number of rotatable bonds is 5. The third-order valence-electron chi connectivity index (χ3n) is 2.96. The van der Waals surface area contributed by atoms with Crippen LogP contribution in [0.15, 0.2) is 30.6 Å². The van der Waals surface area contributed by atoms with Crippen LogP contribution in [-0.4, -0.2) is 16.5 Å². The Morgan fingerprint density at radius 3 is 2.65 bits per heavy atom. The van der Waals surface area contributed by atoms with Gasteiger partial charge >= 0.3 is 0 Å². The third kappa shape index (κ3) is 3.36. The Morgan fingerprint density at radius 1 is 1.20 bits per heavy atom. The van der Waals surface area contributed by atoms with Gasteiger partial charge in [0.1, 0.15) is 11.6 Å². The zero-order chi connectivity index (χ0) is 14.5. The monoisotopic (exact) mass is 277 g/mol. The molecule has 0 saturated carbocycles. The van der Waals surface area contributed by atoms with Crippen LogP contribution in [0.4, 0.5) is 8.78 Å². The highest BCUT2D eigenvalue weighted by atomic mass is 19.1. The average molecular weight is 277 g/mol. The molecule has 0 saturated heterocycles. The largest absolute Gasteiger partial charge is 0.305 e. The topological polar surface area (TPSA) is 37.8 Å². The third-order valence-corrected chi connectivity index (χ3v) is 2.96. The van der Waals surface area contributed by atoms with Crippen molar-refractivity contribution >= 4 is 0 Å². The fraction of sp³-hybridized carbons (Fsp3) is 0.333. The lowest BCUT2D eigenvalue weighted by Crippen LogP contribution is -2.25. The smallest absolute Gasteiger partial charge is 0.128 e. The molecule has 1 aromatic carbocycles. The van der Waals surface area contributed by atoms with Crippen LogP contribution < -0.4 is 5.32 Å². The van der Waals surface area contributed by atoms with Crippen LogP contribution in [-0.2, 0) is 0 Å². The fourth-order valence-electron chi connectivity index (χ4n) is 1.95. The van der Waals surface area contributed by atoms with E-state index >= 15 is 0 Å². The van der Waals surface area contributed by atoms with E-state index in [0.717, 1.165) is 24.2 Å². The molecule has 5 heteroatoms. The predicted molar refractivity (Wildman–Crippen MR) is 73.3 cm³/mol. The van der Waals surface area contributed by atoms with Gasteiger partial charge in [-0.15, -0.1) is 0 Å². The molecule has 0 aliphatic heterocycles. The van der Waals surface area contributed by atoms with Gasteiger partial charge in [0.05, 0.1) is 23.6 Å². The van der Waals surface area contributed by atoms with Gasteiger partial charge in [0.15, 0.2) is 0 Å². The summed E-state index contributed by atoms with van der Waals surface area (Å²) in [6, 6.07) is 2.94. The average Bonchev–Trinajstić information content (AvgIpc) is 2.44. The molecular formula is C15H17F2N3. The van der Waals surface area contributed by atoms with Crippen LogP contribution in [0.25, 0.3) is 0 Å². The van der Waals surface area contributed by atoms with Gasteiger partial charge in [-0.05, 0) is 38.1 Å². The molecule has 2 aromatic rings. The normalized spacial score (nSPS) is 12.4. The van der Waals surface area contributed by atoms with Gasteiger partial charge in [-0.2, -0.15) is 0 Å². The van der Waals surface area contributed by atoms with E-state index in [9.17, 15) is 8.78 Å². The molecule has 0 aliphatic rings. The Morgan fingerprint density at radius 2 is 2.00 bits per heavy atom. The van der Waals surface area contributed by atoms with Crippen molar-refractivity contribution in [3.8, 4) is 0 Å². The number of aryl methyl sites for hydroxylation is 1. The molecule has 1 unspecified atom stereocenters. The van der Waals surface area contributed by atoms with Crippen LogP contribution in [0.1, 0.15) is 36.3 Å². The lowest BCUT2D eigenvalue weighted by Gasteiger charge is -2.19. The van der Waals surface area contributed by atoms with E-state index in [1.165, 1.54) is 6.07 Å². The highest BCUT2D eigenvalue weighted by molar-refractivity contribution is 5.29. The summed E-state index contributed by atoms with van der Waals surface area (Å²) in [6.45, 7) is 4.51. The van der Waals surface area contributed by atoms with Gasteiger partial charge in [-0.3, -0.25) is 9.97 Å². The van der Waals surface area contributed by atoms with E-state index < -0.39 is 17.7 Å². The molecular weight excluding hydrogens is 260 g/mol. The van der Waals surface area contributed by atoms with Crippen molar-refractivity contribution in [2.75, 3.05) is 6.54 Å². The minimum absolute atomic E-state index is 0.247. The first kappa shape index (κ1) is 14.5. The molecule has 106 valence electrons. The SMILES string of the molecule is CCCNC(c1cnc(C)cn1)c1cc(F)ccc1F. The molecule has 1 N–H and O–H groups in total. The van der Waals surface area contributed by atoms with E-state index in [-0.39, 0.29) is 5.56 Å². The molecule has 0 aliphatic carbocycles. The maximum absolute atomic E-state index is 14.0. The standard InChI is InChI=1S/C15H17F2N3/c1-3-6-18-15(14-9-19-10(2)8-20-14)12-7-11(16)4-5-13(12)17/h4-5,7-9,15,18H,3,6H2,1-2H3. The van der Waals surface area contributed by atoms with Gasteiger partial charge in [0.25, 0.3) is 0 Å². The number of hydrogen-bond acceptors (Lipinski definition) is 3. The zero-order valence-corrected chi connectivity index (χ0v) is 11.5. The molecule has 0 fully saturated rings. The van der Waals surface area contributed by atoms with Crippen LogP contribution in [0.3, 0.4) is 0 Å². The fourth-order valence-corrected chi connectivity index (χ4v) is 1.95. The summed E-state index contributed by atoms with van der Waals surface area (Å²) in [5, 5.41) is 3.18. The molecule has 0 radical (unpaired) electrons. The van der Waals surface area contributed by atoms with Crippen molar-refractivity contribution in [2.24, 2.45) is 0 Å². The summed E-state index contributed by atoms with van der Waals surface area (Å²) in [6.07, 6.45) is 4.09. The van der Waals surface area contributed by atoms with E-state index in [1.54, 1.807) is 12.4 Å². The molecule has 1 atom stereocenters. The first-order valence-corrected chi connectivity index (χ1v) is 6.58. The molecule has 2 rings (SSSR count). The Kier molecular flexibility index (Phi) is 4.74. The zero-order valence-electron chi connectivity index (χ0n) is 11.5. The van der Waals surface area contributed by atoms with E-state index in [1.807, 2.05) is 13.8 Å². The van der Waals surface area contributed by atoms with Crippen molar-refractivity contribution in [1.29, 1.82) is 0 Å². The molecule has 1 aromatic heterocycles. The summed E-state index contributed by atoms with van der Waals surface area (Å²) >= 11 is 0. The van der Waals surface area contributed by atoms with Gasteiger partial charge in [-0.1, -0.05) is 6.92 Å². The molecule has 1 heterocycles. The summed E-state index contributed by atoms with van der Waals surface area (Å²) in [5.41, 5.74) is 1.60. The Bertz CT molecular complexity index is 570. The minimum atomic E-state index is -0.501. The van der Waals surface area contributed by atoms with Crippen molar-refractivity contribution in [2.45, 2.75) is 26.3 Å². The molecule has 0 spiro atoms. The first-order chi connectivity index (χ1) is 9.61. The van der Waals surface area contributed by atoms with Gasteiger partial charge in [0.2, 0.25) is 0 Å². The summed E-state index contributed by atoms with van der Waals surface area (Å²) in [4.78, 5) is 8.43. The number of aromatic nitrogens is 2. The van der Waals surface area contributed by atoms with Gasteiger partial charge in [-0.25, -0.2) is 8.78 Å². The lowest BCUT2D eigenvalue weighted by molar-refractivity contribution is 0.527. The minimum Gasteiger partial charge on any atom is -0.305 e. The van der Waals surface area contributed by atoms with Crippen LogP contribution in [0.5, 0.6) is 0 Å². The number of nitrogens with zero attached hydrogens (tertiary/aromatic N) is 2. The summed E-state index contributed by atoms with van der Waals surface area (Å²) in [5.74, 6) is -0.924. The summed E-state index contributed by atoms with van der Waals surface area (Å²) in [7, 11) is 0. The second-order valence-corrected chi connectivity index (χ2v) is 4.64. The quantitative estimate of drug-likeness (QED) is 0.912. The number of benzene rings is 1. The lowest BCUT2D eigenvalue weighted by atomic mass is 10.0. The van der Waals surface area contributed by atoms with Gasteiger partial charge in [0, 0.05) is 11.8 Å². The highest BCUT2D eigenvalue weighted by Crippen LogP contribution is 2.23. The van der Waals surface area contributed by atoms with Crippen molar-refractivity contribution in [3.63, 3.8) is 0 Å². The van der Waals surface area contributed by atoms with Crippen LogP contribution in [0, 0.1) is 18.6 Å². The van der Waals surface area contributed by atoms with Crippen molar-refractivity contribution in [1.82, 2.24) is 15.3 Å². The highest BCUT2D eigenvalue weighted by Gasteiger charge is 2.19. The molecule has 0 amide bonds. The van der Waals surface area contributed by atoms with Gasteiger partial charge < -0.3 is 5.32 Å². The molecule has 0 bridgehead atoms. The Labute approximate surface area is 117 Å². The van der Waals surface area contributed by atoms with Crippen molar-refractivity contribution < 1.29 is 8.78 Å². The van der Waals surface area contributed by atoms with Crippen molar-refractivity contribution in [3.05, 3.63) is 59.2 Å². The molecule has 20 heavy (non-hydrogen) atoms. The van der Waals surface area contributed by atoms with Crippen LogP contribution in [0.2, 0.25) is 0 Å². The number of nitrogens with one attached hydrogen (secondary N) is 1. The van der Waals surface area contributed by atoms with E-state index in [4.69, 9.17) is 0 Å². The van der Waals surface area contributed by atoms with Crippen LogP contribution >= 0.6 is 0 Å². The number of hydrogen-bond donors (Lipinski definition) is 1. The van der Waals surface area contributed by atoms with E-state index in [2.05, 4.69) is 15.3 Å². The second-order valence-electron chi connectivity index (χ2n) is 4.64. The Hall–Kier alpha value is -1.88. The maximum Gasteiger partial charge on any atom is 0.128 e. The van der Waals surface area contributed by atoms with E-state index in [0.29, 0.717) is 12.2 Å². The summed E-state index contributed by atoms with van der Waals surface area (Å²) < 4.78 is 27.3. The number of halogens is 2. The maximum atomic E-state index is 14.0. The molecule has 3 nitrogen and oxygen atoms in total. The Balaban J connectivity index is 2.41. The second kappa shape index (κ2) is 6.52.